The molecule has 0 amide bonds. The van der Waals surface area contributed by atoms with E-state index >= 15 is 0 Å². The Morgan fingerprint density at radius 2 is 1.94 bits per heavy atom. The fourth-order valence-electron chi connectivity index (χ4n) is 1.69. The highest BCUT2D eigenvalue weighted by atomic mass is 32.2. The van der Waals surface area contributed by atoms with E-state index in [-0.39, 0.29) is 6.04 Å². The number of rotatable bonds is 3. The van der Waals surface area contributed by atoms with Crippen molar-refractivity contribution in [2.75, 3.05) is 0 Å². The number of nitrogens with one attached hydrogen (secondary N) is 1. The number of aliphatic imine (C=N–C) groups is 1. The molecule has 1 aromatic rings. The van der Waals surface area contributed by atoms with E-state index < -0.39 is 0 Å². The highest BCUT2D eigenvalue weighted by Gasteiger charge is 2.09. The van der Waals surface area contributed by atoms with E-state index in [2.05, 4.69) is 48.4 Å². The second-order valence-corrected chi connectivity index (χ2v) is 6.09. The maximum absolute atomic E-state index is 4.33. The SMILES string of the molecule is CC1=CN[C@@H](c2ccc(SC(C)C)cc2)C=N1. The van der Waals surface area contributed by atoms with Crippen LogP contribution in [-0.2, 0) is 0 Å². The average Bonchev–Trinajstić information content (AvgIpc) is 2.30. The molecule has 0 radical (unpaired) electrons. The van der Waals surface area contributed by atoms with Crippen LogP contribution >= 0.6 is 11.8 Å². The summed E-state index contributed by atoms with van der Waals surface area (Å²) >= 11 is 1.89. The zero-order chi connectivity index (χ0) is 12.3. The summed E-state index contributed by atoms with van der Waals surface area (Å²) in [5.74, 6) is 0. The number of benzene rings is 1. The number of thioether (sulfide) groups is 1. The van der Waals surface area contributed by atoms with Gasteiger partial charge in [0.1, 0.15) is 0 Å². The predicted octanol–water partition coefficient (Wildman–Crippen LogP) is 3.76. The molecule has 1 heterocycles. The van der Waals surface area contributed by atoms with E-state index in [1.54, 1.807) is 0 Å². The Balaban J connectivity index is 2.06. The van der Waals surface area contributed by atoms with Crippen molar-refractivity contribution in [3.63, 3.8) is 0 Å². The molecule has 0 bridgehead atoms. The third-order valence-corrected chi connectivity index (χ3v) is 3.53. The molecule has 0 saturated carbocycles. The van der Waals surface area contributed by atoms with Crippen molar-refractivity contribution in [1.82, 2.24) is 5.32 Å². The Bertz CT molecular complexity index is 432. The van der Waals surface area contributed by atoms with E-state index in [1.165, 1.54) is 10.5 Å². The molecule has 1 atom stereocenters. The van der Waals surface area contributed by atoms with Crippen LogP contribution in [0.4, 0.5) is 0 Å². The normalized spacial score (nSPS) is 19.1. The molecular weight excluding hydrogens is 228 g/mol. The summed E-state index contributed by atoms with van der Waals surface area (Å²) in [6, 6.07) is 8.91. The lowest BCUT2D eigenvalue weighted by atomic mass is 10.1. The van der Waals surface area contributed by atoms with Crippen LogP contribution in [0.5, 0.6) is 0 Å². The van der Waals surface area contributed by atoms with Crippen LogP contribution < -0.4 is 5.32 Å². The van der Waals surface area contributed by atoms with Crippen LogP contribution in [0, 0.1) is 0 Å². The van der Waals surface area contributed by atoms with Gasteiger partial charge in [0, 0.05) is 22.6 Å². The number of nitrogens with zero attached hydrogens (tertiary/aromatic N) is 1. The third-order valence-electron chi connectivity index (χ3n) is 2.51. The third kappa shape index (κ3) is 3.37. The van der Waals surface area contributed by atoms with Gasteiger partial charge >= 0.3 is 0 Å². The maximum Gasteiger partial charge on any atom is 0.0866 e. The Morgan fingerprint density at radius 1 is 1.24 bits per heavy atom. The monoisotopic (exact) mass is 246 g/mol. The molecule has 0 unspecified atom stereocenters. The first kappa shape index (κ1) is 12.2. The van der Waals surface area contributed by atoms with Crippen molar-refractivity contribution in [2.24, 2.45) is 4.99 Å². The Morgan fingerprint density at radius 3 is 2.47 bits per heavy atom. The molecule has 17 heavy (non-hydrogen) atoms. The zero-order valence-electron chi connectivity index (χ0n) is 10.5. The first-order valence-electron chi connectivity index (χ1n) is 5.89. The van der Waals surface area contributed by atoms with E-state index in [4.69, 9.17) is 0 Å². The molecular formula is C14H18N2S. The topological polar surface area (TPSA) is 24.4 Å². The summed E-state index contributed by atoms with van der Waals surface area (Å²) in [4.78, 5) is 5.65. The lowest BCUT2D eigenvalue weighted by molar-refractivity contribution is 0.780. The van der Waals surface area contributed by atoms with Gasteiger partial charge in [0.05, 0.1) is 11.7 Å². The minimum absolute atomic E-state index is 0.205. The number of hydrogen-bond donors (Lipinski definition) is 1. The van der Waals surface area contributed by atoms with E-state index in [1.807, 2.05) is 31.1 Å². The smallest absolute Gasteiger partial charge is 0.0866 e. The number of hydrogen-bond acceptors (Lipinski definition) is 3. The Labute approximate surface area is 107 Å². The van der Waals surface area contributed by atoms with Crippen LogP contribution in [0.1, 0.15) is 32.4 Å². The predicted molar refractivity (Wildman–Crippen MR) is 75.6 cm³/mol. The molecule has 0 spiro atoms. The lowest BCUT2D eigenvalue weighted by Gasteiger charge is -2.17. The van der Waals surface area contributed by atoms with Crippen LogP contribution in [0.15, 0.2) is 46.1 Å². The number of allylic oxidation sites excluding steroid dienone is 1. The fourth-order valence-corrected chi connectivity index (χ4v) is 2.53. The summed E-state index contributed by atoms with van der Waals surface area (Å²) < 4.78 is 0. The van der Waals surface area contributed by atoms with Crippen LogP contribution in [0.3, 0.4) is 0 Å². The molecule has 3 heteroatoms. The van der Waals surface area contributed by atoms with Gasteiger partial charge in [0.25, 0.3) is 0 Å². The van der Waals surface area contributed by atoms with Crippen molar-refractivity contribution in [3.8, 4) is 0 Å². The fraction of sp³-hybridized carbons (Fsp3) is 0.357. The summed E-state index contributed by atoms with van der Waals surface area (Å²) in [6.07, 6.45) is 3.92. The molecule has 1 aliphatic heterocycles. The first-order valence-corrected chi connectivity index (χ1v) is 6.77. The molecule has 2 nitrogen and oxygen atoms in total. The molecule has 1 N–H and O–H groups in total. The quantitative estimate of drug-likeness (QED) is 0.821. The summed E-state index contributed by atoms with van der Waals surface area (Å²) in [6.45, 7) is 6.41. The molecule has 1 aliphatic rings. The highest BCUT2D eigenvalue weighted by molar-refractivity contribution is 7.99. The van der Waals surface area contributed by atoms with Crippen LogP contribution in [0.2, 0.25) is 0 Å². The summed E-state index contributed by atoms with van der Waals surface area (Å²) in [5, 5.41) is 3.95. The van der Waals surface area contributed by atoms with Crippen molar-refractivity contribution in [3.05, 3.63) is 41.7 Å². The molecule has 0 saturated heterocycles. The minimum atomic E-state index is 0.205. The lowest BCUT2D eigenvalue weighted by Crippen LogP contribution is -2.20. The summed E-state index contributed by atoms with van der Waals surface area (Å²) in [7, 11) is 0. The second-order valence-electron chi connectivity index (χ2n) is 4.44. The molecule has 2 rings (SSSR count). The van der Waals surface area contributed by atoms with Gasteiger partial charge in [-0.2, -0.15) is 0 Å². The molecule has 1 aromatic carbocycles. The van der Waals surface area contributed by atoms with Crippen molar-refractivity contribution >= 4 is 18.0 Å². The Kier molecular flexibility index (Phi) is 3.89. The van der Waals surface area contributed by atoms with Crippen LogP contribution in [0.25, 0.3) is 0 Å². The second kappa shape index (κ2) is 5.41. The van der Waals surface area contributed by atoms with Crippen molar-refractivity contribution < 1.29 is 0 Å². The van der Waals surface area contributed by atoms with E-state index in [0.717, 1.165) is 5.70 Å². The van der Waals surface area contributed by atoms with Gasteiger partial charge in [-0.3, -0.25) is 4.99 Å². The van der Waals surface area contributed by atoms with Crippen molar-refractivity contribution in [2.45, 2.75) is 37.0 Å². The van der Waals surface area contributed by atoms with Gasteiger partial charge in [-0.1, -0.05) is 26.0 Å². The van der Waals surface area contributed by atoms with Gasteiger partial charge in [0.15, 0.2) is 0 Å². The minimum Gasteiger partial charge on any atom is -0.378 e. The Hall–Kier alpha value is -1.22. The van der Waals surface area contributed by atoms with Gasteiger partial charge < -0.3 is 5.32 Å². The molecule has 0 aliphatic carbocycles. The van der Waals surface area contributed by atoms with Gasteiger partial charge in [-0.15, -0.1) is 11.8 Å². The maximum atomic E-state index is 4.33. The zero-order valence-corrected chi connectivity index (χ0v) is 11.3. The average molecular weight is 246 g/mol. The van der Waals surface area contributed by atoms with Gasteiger partial charge in [0.2, 0.25) is 0 Å². The highest BCUT2D eigenvalue weighted by Crippen LogP contribution is 2.24. The molecule has 90 valence electrons. The van der Waals surface area contributed by atoms with Gasteiger partial charge in [-0.25, -0.2) is 0 Å². The van der Waals surface area contributed by atoms with Gasteiger partial charge in [-0.05, 0) is 24.6 Å². The van der Waals surface area contributed by atoms with E-state index in [9.17, 15) is 0 Å². The molecule has 0 aromatic heterocycles. The largest absolute Gasteiger partial charge is 0.378 e. The van der Waals surface area contributed by atoms with Crippen LogP contribution in [-0.4, -0.2) is 11.5 Å². The van der Waals surface area contributed by atoms with Crippen molar-refractivity contribution in [1.29, 1.82) is 0 Å². The first-order chi connectivity index (χ1) is 8.15. The molecule has 0 fully saturated rings. The standard InChI is InChI=1S/C14H18N2S/c1-10(2)17-13-6-4-12(5-7-13)14-9-15-11(3)8-16-14/h4-10,14,16H,1-3H3/t14-/m1/s1. The summed E-state index contributed by atoms with van der Waals surface area (Å²) in [5.41, 5.74) is 2.28. The van der Waals surface area contributed by atoms with E-state index in [0.29, 0.717) is 5.25 Å².